The van der Waals surface area contributed by atoms with Gasteiger partial charge in [0.05, 0.1) is 11.0 Å². The molecule has 0 saturated carbocycles. The van der Waals surface area contributed by atoms with Crippen LogP contribution < -0.4 is 5.73 Å². The standard InChI is InChI=1S/C12H13N5O3/c1-7(18)10-11(12(13)16-15-10)14-6-8-2-4-9(5-3-8)17(19)20/h2-7,18H,1H3,(H3,13,15,16). The first kappa shape index (κ1) is 13.7. The number of nitro benzene ring substituents is 1. The number of aliphatic hydroxyl groups is 1. The van der Waals surface area contributed by atoms with Crippen LogP contribution in [0.1, 0.15) is 24.3 Å². The van der Waals surface area contributed by atoms with Crippen LogP contribution in [0.3, 0.4) is 0 Å². The molecule has 0 saturated heterocycles. The van der Waals surface area contributed by atoms with Gasteiger partial charge in [-0.05, 0) is 24.6 Å². The number of anilines is 1. The molecule has 0 amide bonds. The highest BCUT2D eigenvalue weighted by atomic mass is 16.6. The number of aliphatic hydroxyl groups excluding tert-OH is 1. The van der Waals surface area contributed by atoms with Crippen molar-refractivity contribution in [1.29, 1.82) is 0 Å². The molecule has 0 aliphatic heterocycles. The van der Waals surface area contributed by atoms with Crippen LogP contribution in [0.5, 0.6) is 0 Å². The van der Waals surface area contributed by atoms with Gasteiger partial charge in [0, 0.05) is 18.3 Å². The maximum Gasteiger partial charge on any atom is 0.269 e. The van der Waals surface area contributed by atoms with Crippen LogP contribution in [0.4, 0.5) is 17.2 Å². The molecule has 2 rings (SSSR count). The zero-order valence-electron chi connectivity index (χ0n) is 10.6. The third-order valence-corrected chi connectivity index (χ3v) is 2.64. The van der Waals surface area contributed by atoms with Gasteiger partial charge in [-0.2, -0.15) is 5.10 Å². The Labute approximate surface area is 114 Å². The number of rotatable bonds is 4. The quantitative estimate of drug-likeness (QED) is 0.444. The lowest BCUT2D eigenvalue weighted by Gasteiger charge is -2.00. The van der Waals surface area contributed by atoms with E-state index in [9.17, 15) is 15.2 Å². The van der Waals surface area contributed by atoms with E-state index in [1.807, 2.05) is 0 Å². The van der Waals surface area contributed by atoms with Gasteiger partial charge in [0.15, 0.2) is 0 Å². The molecule has 0 radical (unpaired) electrons. The summed E-state index contributed by atoms with van der Waals surface area (Å²) in [6.45, 7) is 1.56. The Morgan fingerprint density at radius 1 is 1.50 bits per heavy atom. The molecule has 8 nitrogen and oxygen atoms in total. The van der Waals surface area contributed by atoms with Crippen molar-refractivity contribution in [2.45, 2.75) is 13.0 Å². The largest absolute Gasteiger partial charge is 0.387 e. The van der Waals surface area contributed by atoms with Crippen LogP contribution in [-0.2, 0) is 0 Å². The Kier molecular flexibility index (Phi) is 3.76. The first-order valence-electron chi connectivity index (χ1n) is 5.79. The lowest BCUT2D eigenvalue weighted by molar-refractivity contribution is -0.384. The van der Waals surface area contributed by atoms with Gasteiger partial charge < -0.3 is 10.8 Å². The number of nitrogens with two attached hydrogens (primary N) is 1. The van der Waals surface area contributed by atoms with Crippen molar-refractivity contribution in [1.82, 2.24) is 10.2 Å². The van der Waals surface area contributed by atoms with Crippen molar-refractivity contribution in [2.75, 3.05) is 5.73 Å². The van der Waals surface area contributed by atoms with Crippen LogP contribution >= 0.6 is 0 Å². The smallest absolute Gasteiger partial charge is 0.269 e. The summed E-state index contributed by atoms with van der Waals surface area (Å²) in [7, 11) is 0. The van der Waals surface area contributed by atoms with E-state index >= 15 is 0 Å². The monoisotopic (exact) mass is 275 g/mol. The number of hydrogen-bond acceptors (Lipinski definition) is 6. The first-order valence-corrected chi connectivity index (χ1v) is 5.79. The van der Waals surface area contributed by atoms with Gasteiger partial charge in [-0.15, -0.1) is 0 Å². The number of aromatic amines is 1. The van der Waals surface area contributed by atoms with Crippen LogP contribution in [-0.4, -0.2) is 26.4 Å². The number of non-ortho nitro benzene ring substituents is 1. The Morgan fingerprint density at radius 3 is 2.70 bits per heavy atom. The van der Waals surface area contributed by atoms with Crippen molar-refractivity contribution < 1.29 is 10.0 Å². The lowest BCUT2D eigenvalue weighted by atomic mass is 10.2. The third-order valence-electron chi connectivity index (χ3n) is 2.64. The maximum absolute atomic E-state index is 10.5. The summed E-state index contributed by atoms with van der Waals surface area (Å²) in [5.41, 5.74) is 7.07. The van der Waals surface area contributed by atoms with Crippen molar-refractivity contribution in [3.05, 3.63) is 45.6 Å². The minimum absolute atomic E-state index is 0.00893. The molecule has 1 aromatic carbocycles. The van der Waals surface area contributed by atoms with Crippen molar-refractivity contribution in [3.8, 4) is 0 Å². The number of nitro groups is 1. The fourth-order valence-electron chi connectivity index (χ4n) is 1.61. The summed E-state index contributed by atoms with van der Waals surface area (Å²) >= 11 is 0. The molecule has 0 spiro atoms. The number of benzene rings is 1. The number of nitrogens with one attached hydrogen (secondary N) is 1. The highest BCUT2D eigenvalue weighted by Gasteiger charge is 2.14. The average Bonchev–Trinajstić information content (AvgIpc) is 2.78. The number of H-pyrrole nitrogens is 1. The van der Waals surface area contributed by atoms with E-state index in [2.05, 4.69) is 15.2 Å². The molecule has 1 unspecified atom stereocenters. The van der Waals surface area contributed by atoms with Crippen LogP contribution in [0.15, 0.2) is 29.3 Å². The van der Waals surface area contributed by atoms with Crippen LogP contribution in [0, 0.1) is 10.1 Å². The summed E-state index contributed by atoms with van der Waals surface area (Å²) in [5, 5.41) is 26.5. The number of nitrogens with zero attached hydrogens (tertiary/aromatic N) is 3. The molecule has 0 aliphatic carbocycles. The summed E-state index contributed by atoms with van der Waals surface area (Å²) in [4.78, 5) is 14.2. The Bertz CT molecular complexity index is 646. The van der Waals surface area contributed by atoms with Gasteiger partial charge >= 0.3 is 0 Å². The van der Waals surface area contributed by atoms with E-state index < -0.39 is 11.0 Å². The predicted molar refractivity (Wildman–Crippen MR) is 74.0 cm³/mol. The molecule has 1 heterocycles. The molecular formula is C12H13N5O3. The van der Waals surface area contributed by atoms with Crippen LogP contribution in [0.25, 0.3) is 0 Å². The van der Waals surface area contributed by atoms with Gasteiger partial charge in [0.1, 0.15) is 17.2 Å². The predicted octanol–water partition coefficient (Wildman–Crippen LogP) is 1.70. The van der Waals surface area contributed by atoms with Crippen molar-refractivity contribution >= 4 is 23.4 Å². The number of nitrogen functional groups attached to an aromatic ring is 1. The van der Waals surface area contributed by atoms with Gasteiger partial charge in [0.2, 0.25) is 0 Å². The second-order valence-electron chi connectivity index (χ2n) is 4.15. The van der Waals surface area contributed by atoms with Crippen molar-refractivity contribution in [3.63, 3.8) is 0 Å². The summed E-state index contributed by atoms with van der Waals surface area (Å²) < 4.78 is 0. The molecule has 4 N–H and O–H groups in total. The van der Waals surface area contributed by atoms with Gasteiger partial charge in [-0.1, -0.05) is 0 Å². The third kappa shape index (κ3) is 2.81. The zero-order chi connectivity index (χ0) is 14.7. The Hall–Kier alpha value is -2.74. The van der Waals surface area contributed by atoms with Gasteiger partial charge in [-0.25, -0.2) is 0 Å². The SMILES string of the molecule is CC(O)c1n[nH]c(N)c1N=Cc1ccc([N+](=O)[O-])cc1. The van der Waals surface area contributed by atoms with Gasteiger partial charge in [-0.3, -0.25) is 20.2 Å². The summed E-state index contributed by atoms with van der Waals surface area (Å²) in [5.74, 6) is 0.249. The lowest BCUT2D eigenvalue weighted by Crippen LogP contribution is -1.92. The minimum atomic E-state index is -0.799. The maximum atomic E-state index is 10.5. The summed E-state index contributed by atoms with van der Waals surface area (Å²) in [6, 6.07) is 5.91. The zero-order valence-corrected chi connectivity index (χ0v) is 10.6. The second kappa shape index (κ2) is 5.49. The van der Waals surface area contributed by atoms with E-state index in [0.29, 0.717) is 16.9 Å². The van der Waals surface area contributed by atoms with E-state index in [1.54, 1.807) is 19.1 Å². The van der Waals surface area contributed by atoms with E-state index in [1.165, 1.54) is 18.3 Å². The number of aliphatic imine (C=N–C) groups is 1. The second-order valence-corrected chi connectivity index (χ2v) is 4.15. The molecule has 0 aliphatic rings. The van der Waals surface area contributed by atoms with E-state index in [4.69, 9.17) is 5.73 Å². The highest BCUT2D eigenvalue weighted by Crippen LogP contribution is 2.28. The molecule has 104 valence electrons. The topological polar surface area (TPSA) is 130 Å². The molecule has 0 fully saturated rings. The van der Waals surface area contributed by atoms with Gasteiger partial charge in [0.25, 0.3) is 5.69 Å². The molecule has 2 aromatic rings. The first-order chi connectivity index (χ1) is 9.49. The number of aromatic nitrogens is 2. The van der Waals surface area contributed by atoms with Crippen LogP contribution in [0.2, 0.25) is 0 Å². The molecule has 8 heteroatoms. The average molecular weight is 275 g/mol. The molecule has 1 atom stereocenters. The van der Waals surface area contributed by atoms with E-state index in [0.717, 1.165) is 0 Å². The molecule has 20 heavy (non-hydrogen) atoms. The minimum Gasteiger partial charge on any atom is -0.387 e. The van der Waals surface area contributed by atoms with Crippen molar-refractivity contribution in [2.24, 2.45) is 4.99 Å². The fourth-order valence-corrected chi connectivity index (χ4v) is 1.61. The Balaban J connectivity index is 2.25. The highest BCUT2D eigenvalue weighted by molar-refractivity contribution is 5.84. The molecule has 0 bridgehead atoms. The fraction of sp³-hybridized carbons (Fsp3) is 0.167. The Morgan fingerprint density at radius 2 is 2.15 bits per heavy atom. The van der Waals surface area contributed by atoms with E-state index in [-0.39, 0.29) is 11.5 Å². The number of hydrogen-bond donors (Lipinski definition) is 3. The normalized spacial score (nSPS) is 12.7. The summed E-state index contributed by atoms with van der Waals surface area (Å²) in [6.07, 6.45) is 0.698. The molecular weight excluding hydrogens is 262 g/mol. The molecule has 1 aromatic heterocycles.